The van der Waals surface area contributed by atoms with Gasteiger partial charge in [-0.2, -0.15) is 5.10 Å². The molecule has 21 heavy (non-hydrogen) atoms. The van der Waals surface area contributed by atoms with Crippen LogP contribution in [0.1, 0.15) is 16.8 Å². The van der Waals surface area contributed by atoms with Crippen molar-refractivity contribution in [3.05, 3.63) is 48.3 Å². The van der Waals surface area contributed by atoms with Gasteiger partial charge in [0, 0.05) is 31.0 Å². The second kappa shape index (κ2) is 6.10. The van der Waals surface area contributed by atoms with Crippen molar-refractivity contribution in [3.63, 3.8) is 0 Å². The lowest BCUT2D eigenvalue weighted by Crippen LogP contribution is -2.30. The molecule has 5 heteroatoms. The van der Waals surface area contributed by atoms with Gasteiger partial charge in [0.1, 0.15) is 0 Å². The first-order valence-corrected chi connectivity index (χ1v) is 7.32. The maximum atomic E-state index is 12.6. The van der Waals surface area contributed by atoms with E-state index in [9.17, 15) is 4.79 Å². The zero-order valence-electron chi connectivity index (χ0n) is 12.2. The standard InChI is InChI=1S/C16H20N4O/c1-17-11-13-6-9-19(12-13)16(21)14-4-2-5-15(10-14)20-8-3-7-18-20/h2-5,7-8,10,13,17H,6,9,11-12H2,1H3/t13-/m0/s1. The first-order valence-electron chi connectivity index (χ1n) is 7.32. The van der Waals surface area contributed by atoms with Crippen LogP contribution in [0.15, 0.2) is 42.7 Å². The molecular weight excluding hydrogens is 264 g/mol. The van der Waals surface area contributed by atoms with Gasteiger partial charge in [-0.1, -0.05) is 6.07 Å². The molecule has 110 valence electrons. The average molecular weight is 284 g/mol. The Morgan fingerprint density at radius 3 is 3.10 bits per heavy atom. The third-order valence-corrected chi connectivity index (χ3v) is 3.93. The fraction of sp³-hybridized carbons (Fsp3) is 0.375. The van der Waals surface area contributed by atoms with Gasteiger partial charge in [0.25, 0.3) is 5.91 Å². The summed E-state index contributed by atoms with van der Waals surface area (Å²) in [6, 6.07) is 9.52. The van der Waals surface area contributed by atoms with Gasteiger partial charge < -0.3 is 10.2 Å². The smallest absolute Gasteiger partial charge is 0.253 e. The lowest BCUT2D eigenvalue weighted by Gasteiger charge is -2.17. The normalized spacial score (nSPS) is 18.1. The molecule has 1 amide bonds. The molecule has 0 bridgehead atoms. The minimum atomic E-state index is 0.114. The van der Waals surface area contributed by atoms with Gasteiger partial charge in [-0.05, 0) is 50.2 Å². The Balaban J connectivity index is 1.75. The Morgan fingerprint density at radius 2 is 2.33 bits per heavy atom. The molecule has 1 aromatic heterocycles. The summed E-state index contributed by atoms with van der Waals surface area (Å²) in [5, 5.41) is 7.39. The molecule has 1 saturated heterocycles. The van der Waals surface area contributed by atoms with Crippen LogP contribution in [0.25, 0.3) is 5.69 Å². The van der Waals surface area contributed by atoms with Crippen molar-refractivity contribution < 1.29 is 4.79 Å². The molecule has 2 aromatic rings. The SMILES string of the molecule is CNC[C@@H]1CCN(C(=O)c2cccc(-n3cccn3)c2)C1. The summed E-state index contributed by atoms with van der Waals surface area (Å²) in [6.45, 7) is 2.65. The van der Waals surface area contributed by atoms with E-state index >= 15 is 0 Å². The topological polar surface area (TPSA) is 50.2 Å². The molecule has 0 radical (unpaired) electrons. The predicted octanol–water partition coefficient (Wildman–Crippen LogP) is 1.55. The van der Waals surface area contributed by atoms with E-state index < -0.39 is 0 Å². The first kappa shape index (κ1) is 13.8. The van der Waals surface area contributed by atoms with Crippen LogP contribution in [0.3, 0.4) is 0 Å². The van der Waals surface area contributed by atoms with Crippen LogP contribution < -0.4 is 5.32 Å². The van der Waals surface area contributed by atoms with Crippen molar-refractivity contribution in [3.8, 4) is 5.69 Å². The molecule has 0 unspecified atom stereocenters. The third kappa shape index (κ3) is 2.97. The number of nitrogens with zero attached hydrogens (tertiary/aromatic N) is 3. The highest BCUT2D eigenvalue weighted by molar-refractivity contribution is 5.94. The summed E-state index contributed by atoms with van der Waals surface area (Å²) < 4.78 is 1.77. The second-order valence-electron chi connectivity index (χ2n) is 5.46. The second-order valence-corrected chi connectivity index (χ2v) is 5.46. The zero-order chi connectivity index (χ0) is 14.7. The van der Waals surface area contributed by atoms with Gasteiger partial charge in [-0.3, -0.25) is 4.79 Å². The molecule has 1 aliphatic heterocycles. The summed E-state index contributed by atoms with van der Waals surface area (Å²) in [5.74, 6) is 0.677. The van der Waals surface area contributed by atoms with Crippen molar-refractivity contribution in [2.45, 2.75) is 6.42 Å². The highest BCUT2D eigenvalue weighted by Gasteiger charge is 2.26. The highest BCUT2D eigenvalue weighted by Crippen LogP contribution is 2.19. The molecule has 0 spiro atoms. The summed E-state index contributed by atoms with van der Waals surface area (Å²) in [5.41, 5.74) is 1.64. The van der Waals surface area contributed by atoms with Crippen LogP contribution in [0.2, 0.25) is 0 Å². The van der Waals surface area contributed by atoms with Crippen molar-refractivity contribution >= 4 is 5.91 Å². The van der Waals surface area contributed by atoms with E-state index in [-0.39, 0.29) is 5.91 Å². The van der Waals surface area contributed by atoms with E-state index in [1.165, 1.54) is 0 Å². The fourth-order valence-corrected chi connectivity index (χ4v) is 2.86. The van der Waals surface area contributed by atoms with Gasteiger partial charge in [0.15, 0.2) is 0 Å². The first-order chi connectivity index (χ1) is 10.3. The lowest BCUT2D eigenvalue weighted by atomic mass is 10.1. The Labute approximate surface area is 124 Å². The monoisotopic (exact) mass is 284 g/mol. The van der Waals surface area contributed by atoms with E-state index in [0.717, 1.165) is 37.3 Å². The number of hydrogen-bond acceptors (Lipinski definition) is 3. The lowest BCUT2D eigenvalue weighted by molar-refractivity contribution is 0.0787. The third-order valence-electron chi connectivity index (χ3n) is 3.93. The Kier molecular flexibility index (Phi) is 4.01. The molecule has 1 atom stereocenters. The molecule has 1 aliphatic rings. The summed E-state index contributed by atoms with van der Waals surface area (Å²) in [7, 11) is 1.96. The van der Waals surface area contributed by atoms with Crippen LogP contribution in [0, 0.1) is 5.92 Å². The minimum Gasteiger partial charge on any atom is -0.338 e. The van der Waals surface area contributed by atoms with E-state index in [1.54, 1.807) is 10.9 Å². The fourth-order valence-electron chi connectivity index (χ4n) is 2.86. The number of carbonyl (C=O) groups is 1. The molecule has 1 aromatic carbocycles. The number of carbonyl (C=O) groups excluding carboxylic acids is 1. The molecule has 3 rings (SSSR count). The van der Waals surface area contributed by atoms with E-state index in [0.29, 0.717) is 5.92 Å². The van der Waals surface area contributed by atoms with Gasteiger partial charge in [0.2, 0.25) is 0 Å². The number of benzene rings is 1. The summed E-state index contributed by atoms with van der Waals surface area (Å²) >= 11 is 0. The zero-order valence-corrected chi connectivity index (χ0v) is 12.2. The van der Waals surface area contributed by atoms with Crippen LogP contribution in [0.4, 0.5) is 0 Å². The van der Waals surface area contributed by atoms with Gasteiger partial charge >= 0.3 is 0 Å². The Hall–Kier alpha value is -2.14. The Bertz CT molecular complexity index is 608. The van der Waals surface area contributed by atoms with Crippen molar-refractivity contribution in [2.24, 2.45) is 5.92 Å². The molecular formula is C16H20N4O. The molecule has 0 aliphatic carbocycles. The molecule has 5 nitrogen and oxygen atoms in total. The molecule has 2 heterocycles. The number of rotatable bonds is 4. The van der Waals surface area contributed by atoms with Gasteiger partial charge in [-0.25, -0.2) is 4.68 Å². The maximum absolute atomic E-state index is 12.6. The maximum Gasteiger partial charge on any atom is 0.253 e. The minimum absolute atomic E-state index is 0.114. The van der Waals surface area contributed by atoms with Crippen LogP contribution >= 0.6 is 0 Å². The highest BCUT2D eigenvalue weighted by atomic mass is 16.2. The number of likely N-dealkylation sites (tertiary alicyclic amines) is 1. The van der Waals surface area contributed by atoms with Crippen LogP contribution in [-0.2, 0) is 0 Å². The number of aromatic nitrogens is 2. The van der Waals surface area contributed by atoms with E-state index in [2.05, 4.69) is 10.4 Å². The van der Waals surface area contributed by atoms with E-state index in [1.807, 2.05) is 48.5 Å². The summed E-state index contributed by atoms with van der Waals surface area (Å²) in [4.78, 5) is 14.5. The average Bonchev–Trinajstić information content (AvgIpc) is 3.18. The summed E-state index contributed by atoms with van der Waals surface area (Å²) in [6.07, 6.45) is 4.69. The number of amides is 1. The van der Waals surface area contributed by atoms with Gasteiger partial charge in [0.05, 0.1) is 5.69 Å². The predicted molar refractivity (Wildman–Crippen MR) is 81.5 cm³/mol. The van der Waals surface area contributed by atoms with Crippen molar-refractivity contribution in [2.75, 3.05) is 26.7 Å². The number of nitrogens with one attached hydrogen (secondary N) is 1. The quantitative estimate of drug-likeness (QED) is 0.927. The van der Waals surface area contributed by atoms with Crippen LogP contribution in [-0.4, -0.2) is 47.3 Å². The number of hydrogen-bond donors (Lipinski definition) is 1. The Morgan fingerprint density at radius 1 is 1.43 bits per heavy atom. The molecule has 1 fully saturated rings. The van der Waals surface area contributed by atoms with Gasteiger partial charge in [-0.15, -0.1) is 0 Å². The van der Waals surface area contributed by atoms with Crippen molar-refractivity contribution in [1.82, 2.24) is 20.0 Å². The van der Waals surface area contributed by atoms with Crippen molar-refractivity contribution in [1.29, 1.82) is 0 Å². The molecule has 0 saturated carbocycles. The van der Waals surface area contributed by atoms with E-state index in [4.69, 9.17) is 0 Å². The van der Waals surface area contributed by atoms with Crippen LogP contribution in [0.5, 0.6) is 0 Å². The largest absolute Gasteiger partial charge is 0.338 e. The molecule has 1 N–H and O–H groups in total.